The van der Waals surface area contributed by atoms with Crippen LogP contribution in [0, 0.1) is 11.3 Å². The molecule has 0 aliphatic heterocycles. The van der Waals surface area contributed by atoms with Gasteiger partial charge in [0.15, 0.2) is 8.32 Å². The molecule has 0 heterocycles. The number of aliphatic hydroxyl groups is 1. The van der Waals surface area contributed by atoms with Crippen LogP contribution in [0.5, 0.6) is 5.75 Å². The van der Waals surface area contributed by atoms with E-state index < -0.39 is 28.2 Å². The van der Waals surface area contributed by atoms with Gasteiger partial charge in [0.2, 0.25) is 8.32 Å². The second-order valence-electron chi connectivity index (χ2n) is 14.9. The maximum Gasteiger partial charge on any atom is 0.336 e. The molecular weight excluding hydrogens is 521 g/mol. The van der Waals surface area contributed by atoms with Crippen LogP contribution >= 0.6 is 0 Å². The van der Waals surface area contributed by atoms with Crippen molar-refractivity contribution in [3.8, 4) is 5.75 Å². The molecule has 5 nitrogen and oxygen atoms in total. The minimum atomic E-state index is -2.01. The topological polar surface area (TPSA) is 65.0 Å². The Bertz CT molecular complexity index is 1110. The molecule has 2 aliphatic rings. The molecule has 0 spiro atoms. The van der Waals surface area contributed by atoms with Gasteiger partial charge in [-0.25, -0.2) is 4.79 Å². The fourth-order valence-corrected chi connectivity index (χ4v) is 7.96. The molecule has 4 atom stereocenters. The van der Waals surface area contributed by atoms with Gasteiger partial charge in [-0.2, -0.15) is 0 Å². The first-order valence-corrected chi connectivity index (χ1v) is 20.2. The molecule has 0 aromatic heterocycles. The Balaban J connectivity index is 1.92. The van der Waals surface area contributed by atoms with Crippen LogP contribution in [0.25, 0.3) is 6.08 Å². The Morgan fingerprint density at radius 2 is 1.54 bits per heavy atom. The highest BCUT2D eigenvalue weighted by Gasteiger charge is 2.60. The molecule has 3 rings (SSSR count). The van der Waals surface area contributed by atoms with Crippen LogP contribution in [0.2, 0.25) is 36.3 Å². The molecule has 218 valence electrons. The highest BCUT2D eigenvalue weighted by atomic mass is 28.4. The number of allylic oxidation sites excluding steroid dienone is 1. The fourth-order valence-electron chi connectivity index (χ4n) is 5.48. The number of fused-ring (bicyclic) bond motifs is 1. The smallest absolute Gasteiger partial charge is 0.336 e. The third-order valence-corrected chi connectivity index (χ3v) is 19.0. The molecule has 1 saturated carbocycles. The summed E-state index contributed by atoms with van der Waals surface area (Å²) in [6.45, 7) is 24.7. The van der Waals surface area contributed by atoms with Crippen molar-refractivity contribution in [3.63, 3.8) is 0 Å². The van der Waals surface area contributed by atoms with Crippen molar-refractivity contribution in [1.82, 2.24) is 0 Å². The number of carbonyl (C=O) groups is 1. The van der Waals surface area contributed by atoms with Gasteiger partial charge in [0.05, 0.1) is 18.8 Å². The monoisotopic (exact) mass is 572 g/mol. The second kappa shape index (κ2) is 10.6. The molecule has 0 unspecified atom stereocenters. The van der Waals surface area contributed by atoms with Crippen LogP contribution in [-0.2, 0) is 14.0 Å². The van der Waals surface area contributed by atoms with Gasteiger partial charge in [-0.15, -0.1) is 0 Å². The highest BCUT2D eigenvalue weighted by Crippen LogP contribution is 2.58. The average molecular weight is 573 g/mol. The maximum absolute atomic E-state index is 12.9. The molecule has 0 radical (unpaired) electrons. The number of hydrogen-bond donors (Lipinski definition) is 1. The largest absolute Gasteiger partial charge is 0.544 e. The standard InChI is InChI=1S/C32H52O5Si2/c1-29(2,3)38(9,10)36-24-15-13-23(14-16-24)19-22-32(34)25(28(33)35-8)20-21-31(7)26(32)17-18-27(31)37-39(11,12)30(4,5)6/h13-16,19-20,22,26-27,34H,17-18,21H2,1-12H3/b22-19+/t26-,27+,31+,32-/m1/s1. The van der Waals surface area contributed by atoms with Crippen molar-refractivity contribution >= 4 is 28.7 Å². The van der Waals surface area contributed by atoms with Gasteiger partial charge >= 0.3 is 5.97 Å². The minimum Gasteiger partial charge on any atom is -0.544 e. The van der Waals surface area contributed by atoms with Gasteiger partial charge in [0, 0.05) is 11.3 Å². The minimum absolute atomic E-state index is 0.0329. The fraction of sp³-hybridized carbons (Fsp3) is 0.656. The lowest BCUT2D eigenvalue weighted by molar-refractivity contribution is -0.140. The van der Waals surface area contributed by atoms with E-state index in [-0.39, 0.29) is 27.5 Å². The van der Waals surface area contributed by atoms with E-state index in [0.29, 0.717) is 12.0 Å². The molecule has 39 heavy (non-hydrogen) atoms. The first-order chi connectivity index (χ1) is 17.7. The van der Waals surface area contributed by atoms with E-state index in [1.54, 1.807) is 6.08 Å². The SMILES string of the molecule is COC(=O)C1=CC[C@]2(C)[C@@H](O[Si](C)(C)C(C)(C)C)CC[C@H]2[C@@]1(O)/C=C/c1ccc(O[Si](C)(C)C(C)(C)C)cc1. The van der Waals surface area contributed by atoms with Crippen molar-refractivity contribution < 1.29 is 23.5 Å². The maximum atomic E-state index is 12.9. The Morgan fingerprint density at radius 1 is 0.974 bits per heavy atom. The Morgan fingerprint density at radius 3 is 2.05 bits per heavy atom. The Kier molecular flexibility index (Phi) is 8.67. The zero-order valence-corrected chi connectivity index (χ0v) is 28.4. The number of esters is 1. The normalized spacial score (nSPS) is 28.3. The third kappa shape index (κ3) is 6.16. The molecule has 0 bridgehead atoms. The predicted octanol–water partition coefficient (Wildman–Crippen LogP) is 8.12. The van der Waals surface area contributed by atoms with Crippen molar-refractivity contribution in [3.05, 3.63) is 47.6 Å². The van der Waals surface area contributed by atoms with Crippen molar-refractivity contribution in [2.75, 3.05) is 7.11 Å². The van der Waals surface area contributed by atoms with Crippen molar-refractivity contribution in [2.45, 2.75) is 116 Å². The van der Waals surface area contributed by atoms with Gasteiger partial charge in [-0.3, -0.25) is 0 Å². The number of ether oxygens (including phenoxy) is 1. The molecule has 1 N–H and O–H groups in total. The number of rotatable bonds is 7. The molecule has 0 saturated heterocycles. The molecule has 1 aromatic carbocycles. The number of benzene rings is 1. The summed E-state index contributed by atoms with van der Waals surface area (Å²) >= 11 is 0. The van der Waals surface area contributed by atoms with Gasteiger partial charge in [0.1, 0.15) is 11.4 Å². The average Bonchev–Trinajstić information content (AvgIpc) is 3.13. The second-order valence-corrected chi connectivity index (χ2v) is 24.4. The number of methoxy groups -OCH3 is 1. The first-order valence-electron chi connectivity index (χ1n) is 14.4. The van der Waals surface area contributed by atoms with E-state index >= 15 is 0 Å². The summed E-state index contributed by atoms with van der Waals surface area (Å²) in [4.78, 5) is 12.9. The zero-order valence-electron chi connectivity index (χ0n) is 26.4. The van der Waals surface area contributed by atoms with Gasteiger partial charge in [0.25, 0.3) is 0 Å². The lowest BCUT2D eigenvalue weighted by Crippen LogP contribution is -2.54. The lowest BCUT2D eigenvalue weighted by atomic mass is 9.61. The summed E-state index contributed by atoms with van der Waals surface area (Å²) < 4.78 is 18.5. The van der Waals surface area contributed by atoms with Crippen LogP contribution in [0.4, 0.5) is 0 Å². The molecule has 2 aliphatic carbocycles. The van der Waals surface area contributed by atoms with E-state index in [9.17, 15) is 9.90 Å². The van der Waals surface area contributed by atoms with Gasteiger partial charge in [-0.1, -0.05) is 72.8 Å². The summed E-state index contributed by atoms with van der Waals surface area (Å²) in [6.07, 6.45) is 7.96. The molecule has 1 fully saturated rings. The molecule has 7 heteroatoms. The van der Waals surface area contributed by atoms with Gasteiger partial charge < -0.3 is 18.7 Å². The number of carbonyl (C=O) groups excluding carboxylic acids is 1. The van der Waals surface area contributed by atoms with E-state index in [0.717, 1.165) is 24.2 Å². The summed E-state index contributed by atoms with van der Waals surface area (Å²) in [7, 11) is -2.57. The Hall–Kier alpha value is -1.68. The van der Waals surface area contributed by atoms with Crippen LogP contribution in [0.15, 0.2) is 42.0 Å². The molecular formula is C32H52O5Si2. The van der Waals surface area contributed by atoms with E-state index in [4.69, 9.17) is 13.6 Å². The first kappa shape index (κ1) is 31.8. The quantitative estimate of drug-likeness (QED) is 0.264. The molecule has 1 aromatic rings. The van der Waals surface area contributed by atoms with Crippen molar-refractivity contribution in [1.29, 1.82) is 0 Å². The van der Waals surface area contributed by atoms with Crippen LogP contribution < -0.4 is 4.43 Å². The highest BCUT2D eigenvalue weighted by molar-refractivity contribution is 6.75. The lowest BCUT2D eigenvalue weighted by Gasteiger charge is -2.49. The van der Waals surface area contributed by atoms with E-state index in [1.807, 2.05) is 36.4 Å². The number of hydrogen-bond acceptors (Lipinski definition) is 5. The Labute approximate surface area is 239 Å². The zero-order chi connectivity index (χ0) is 29.7. The summed E-state index contributed by atoms with van der Waals surface area (Å²) in [5.74, 6) is 0.228. The van der Waals surface area contributed by atoms with Crippen LogP contribution in [-0.4, -0.2) is 46.5 Å². The van der Waals surface area contributed by atoms with E-state index in [2.05, 4.69) is 74.7 Å². The summed E-state index contributed by atoms with van der Waals surface area (Å²) in [5, 5.41) is 12.5. The summed E-state index contributed by atoms with van der Waals surface area (Å²) in [6, 6.07) is 7.99. The van der Waals surface area contributed by atoms with Crippen LogP contribution in [0.1, 0.15) is 73.3 Å². The van der Waals surface area contributed by atoms with Crippen LogP contribution in [0.3, 0.4) is 0 Å². The van der Waals surface area contributed by atoms with Gasteiger partial charge in [-0.05, 0) is 79.3 Å². The van der Waals surface area contributed by atoms with Crippen molar-refractivity contribution in [2.24, 2.45) is 11.3 Å². The van der Waals surface area contributed by atoms with E-state index in [1.165, 1.54) is 7.11 Å². The predicted molar refractivity (Wildman–Crippen MR) is 166 cm³/mol. The third-order valence-electron chi connectivity index (χ3n) is 10.2. The summed E-state index contributed by atoms with van der Waals surface area (Å²) in [5.41, 5.74) is -0.460. The molecule has 0 amide bonds.